The second kappa shape index (κ2) is 7.78. The van der Waals surface area contributed by atoms with E-state index >= 15 is 0 Å². The summed E-state index contributed by atoms with van der Waals surface area (Å²) in [6.45, 7) is 4.83. The summed E-state index contributed by atoms with van der Waals surface area (Å²) in [5.41, 5.74) is 0.381. The summed E-state index contributed by atoms with van der Waals surface area (Å²) in [7, 11) is 0. The smallest absolute Gasteiger partial charge is 0.325 e. The molecule has 21 heavy (non-hydrogen) atoms. The minimum atomic E-state index is -0.581. The maximum Gasteiger partial charge on any atom is 0.325 e. The largest absolute Gasteiger partial charge is 0.459 e. The third kappa shape index (κ3) is 6.90. The highest BCUT2D eigenvalue weighted by Crippen LogP contribution is 2.09. The molecule has 0 spiro atoms. The van der Waals surface area contributed by atoms with Gasteiger partial charge in [0.1, 0.15) is 12.1 Å². The van der Waals surface area contributed by atoms with Crippen molar-refractivity contribution in [2.24, 2.45) is 5.92 Å². The lowest BCUT2D eigenvalue weighted by Crippen LogP contribution is -2.39. The fourth-order valence-corrected chi connectivity index (χ4v) is 1.82. The van der Waals surface area contributed by atoms with E-state index in [0.29, 0.717) is 6.42 Å². The van der Waals surface area contributed by atoms with Gasteiger partial charge < -0.3 is 15.2 Å². The minimum Gasteiger partial charge on any atom is -0.459 e. The minimum absolute atomic E-state index is 0.193. The first-order chi connectivity index (χ1) is 9.81. The Morgan fingerprint density at radius 3 is 2.38 bits per heavy atom. The van der Waals surface area contributed by atoms with Gasteiger partial charge in [-0.15, -0.1) is 0 Å². The topological polar surface area (TPSA) is 75.6 Å². The lowest BCUT2D eigenvalue weighted by Gasteiger charge is -2.20. The van der Waals surface area contributed by atoms with Crippen LogP contribution in [0.25, 0.3) is 0 Å². The number of amides is 1. The van der Waals surface area contributed by atoms with Crippen LogP contribution in [-0.4, -0.2) is 35.7 Å². The fourth-order valence-electron chi connectivity index (χ4n) is 1.82. The summed E-state index contributed by atoms with van der Waals surface area (Å²) < 4.78 is 5.10. The molecule has 0 fully saturated rings. The summed E-state index contributed by atoms with van der Waals surface area (Å²) in [5.74, 6) is -1.42. The highest BCUT2D eigenvalue weighted by atomic mass is 16.6. The number of hydrogen-bond acceptors (Lipinski definition) is 4. The molecule has 1 atom stereocenters. The molecule has 1 amide bonds. The highest BCUT2D eigenvalue weighted by molar-refractivity contribution is 5.83. The fraction of sp³-hybridized carbons (Fsp3) is 0.500. The molecular weight excluding hydrogens is 270 g/mol. The van der Waals surface area contributed by atoms with Crippen molar-refractivity contribution in [3.05, 3.63) is 35.9 Å². The predicted octanol–water partition coefficient (Wildman–Crippen LogP) is 1.30. The van der Waals surface area contributed by atoms with Gasteiger partial charge in [0.25, 0.3) is 0 Å². The Labute approximate surface area is 125 Å². The molecule has 0 aromatic heterocycles. The van der Waals surface area contributed by atoms with Gasteiger partial charge >= 0.3 is 5.97 Å². The molecule has 5 heteroatoms. The number of ether oxygens (including phenoxy) is 1. The number of aliphatic hydroxyl groups excluding tert-OH is 1. The molecule has 116 valence electrons. The van der Waals surface area contributed by atoms with Gasteiger partial charge in [-0.3, -0.25) is 9.59 Å². The quantitative estimate of drug-likeness (QED) is 0.775. The number of aliphatic hydroxyl groups is 1. The summed E-state index contributed by atoms with van der Waals surface area (Å²) in [6, 6.07) is 9.43. The molecule has 5 nitrogen and oxygen atoms in total. The van der Waals surface area contributed by atoms with Gasteiger partial charge in [0.15, 0.2) is 0 Å². The summed E-state index contributed by atoms with van der Waals surface area (Å²) >= 11 is 0. The average molecular weight is 293 g/mol. The van der Waals surface area contributed by atoms with E-state index in [-0.39, 0.29) is 19.1 Å². The highest BCUT2D eigenvalue weighted by Gasteiger charge is 2.21. The number of rotatable bonds is 6. The number of esters is 1. The Morgan fingerprint density at radius 1 is 1.24 bits per heavy atom. The van der Waals surface area contributed by atoms with Crippen LogP contribution in [0.3, 0.4) is 0 Å². The molecule has 0 aliphatic carbocycles. The van der Waals surface area contributed by atoms with E-state index in [1.54, 1.807) is 20.8 Å². The number of benzene rings is 1. The van der Waals surface area contributed by atoms with Gasteiger partial charge in [-0.25, -0.2) is 0 Å². The molecule has 2 N–H and O–H groups in total. The van der Waals surface area contributed by atoms with Gasteiger partial charge in [-0.05, 0) is 32.8 Å². The molecule has 0 bridgehead atoms. The van der Waals surface area contributed by atoms with E-state index in [0.717, 1.165) is 5.56 Å². The zero-order valence-corrected chi connectivity index (χ0v) is 12.8. The van der Waals surface area contributed by atoms with Gasteiger partial charge in [-0.2, -0.15) is 0 Å². The van der Waals surface area contributed by atoms with Crippen LogP contribution in [0.2, 0.25) is 0 Å². The van der Waals surface area contributed by atoms with Crippen molar-refractivity contribution in [3.63, 3.8) is 0 Å². The third-order valence-corrected chi connectivity index (χ3v) is 2.74. The van der Waals surface area contributed by atoms with E-state index < -0.39 is 17.5 Å². The third-order valence-electron chi connectivity index (χ3n) is 2.74. The summed E-state index contributed by atoms with van der Waals surface area (Å²) in [6.07, 6.45) is 0.428. The van der Waals surface area contributed by atoms with Crippen molar-refractivity contribution in [2.75, 3.05) is 13.2 Å². The van der Waals surface area contributed by atoms with E-state index in [4.69, 9.17) is 4.74 Å². The SMILES string of the molecule is CC(C)(C)OC(=O)CNC(=O)[C@H](CO)Cc1ccccc1. The maximum atomic E-state index is 12.0. The standard InChI is InChI=1S/C16H23NO4/c1-16(2,3)21-14(19)10-17-15(20)13(11-18)9-12-7-5-4-6-8-12/h4-8,13,18H,9-11H2,1-3H3,(H,17,20)/t13-/m0/s1. The van der Waals surface area contributed by atoms with Crippen molar-refractivity contribution in [3.8, 4) is 0 Å². The second-order valence-electron chi connectivity index (χ2n) is 5.87. The van der Waals surface area contributed by atoms with Crippen molar-refractivity contribution in [1.29, 1.82) is 0 Å². The van der Waals surface area contributed by atoms with Crippen LogP contribution in [0.5, 0.6) is 0 Å². The Balaban J connectivity index is 2.47. The Kier molecular flexibility index (Phi) is 6.37. The van der Waals surface area contributed by atoms with Crippen LogP contribution < -0.4 is 5.32 Å². The van der Waals surface area contributed by atoms with E-state index in [9.17, 15) is 14.7 Å². The van der Waals surface area contributed by atoms with E-state index in [1.165, 1.54) is 0 Å². The van der Waals surface area contributed by atoms with Gasteiger partial charge in [-0.1, -0.05) is 30.3 Å². The Morgan fingerprint density at radius 2 is 1.86 bits per heavy atom. The summed E-state index contributed by atoms with van der Waals surface area (Å²) in [5, 5.41) is 11.8. The lowest BCUT2D eigenvalue weighted by atomic mass is 9.99. The van der Waals surface area contributed by atoms with Crippen LogP contribution in [0.4, 0.5) is 0 Å². The molecule has 0 heterocycles. The Bertz CT molecular complexity index is 465. The second-order valence-corrected chi connectivity index (χ2v) is 5.87. The first-order valence-electron chi connectivity index (χ1n) is 6.96. The number of nitrogens with one attached hydrogen (secondary N) is 1. The zero-order chi connectivity index (χ0) is 15.9. The normalized spacial score (nSPS) is 12.6. The molecule has 0 saturated heterocycles. The molecule has 1 aromatic rings. The van der Waals surface area contributed by atoms with Gasteiger partial charge in [0, 0.05) is 0 Å². The average Bonchev–Trinajstić information content (AvgIpc) is 2.41. The molecular formula is C16H23NO4. The van der Waals surface area contributed by atoms with Gasteiger partial charge in [0.2, 0.25) is 5.91 Å². The monoisotopic (exact) mass is 293 g/mol. The molecule has 0 aliphatic heterocycles. The molecule has 0 radical (unpaired) electrons. The number of hydrogen-bond donors (Lipinski definition) is 2. The van der Waals surface area contributed by atoms with Crippen LogP contribution in [0, 0.1) is 5.92 Å². The predicted molar refractivity (Wildman–Crippen MR) is 79.6 cm³/mol. The van der Waals surface area contributed by atoms with Crippen molar-refractivity contribution in [1.82, 2.24) is 5.32 Å². The zero-order valence-electron chi connectivity index (χ0n) is 12.8. The van der Waals surface area contributed by atoms with E-state index in [2.05, 4.69) is 5.32 Å². The van der Waals surface area contributed by atoms with Crippen LogP contribution >= 0.6 is 0 Å². The van der Waals surface area contributed by atoms with Gasteiger partial charge in [0.05, 0.1) is 12.5 Å². The molecule has 1 aromatic carbocycles. The molecule has 0 unspecified atom stereocenters. The summed E-state index contributed by atoms with van der Waals surface area (Å²) in [4.78, 5) is 23.5. The first kappa shape index (κ1) is 17.2. The van der Waals surface area contributed by atoms with Crippen molar-refractivity contribution < 1.29 is 19.4 Å². The van der Waals surface area contributed by atoms with Crippen LogP contribution in [-0.2, 0) is 20.7 Å². The molecule has 1 rings (SSSR count). The van der Waals surface area contributed by atoms with E-state index in [1.807, 2.05) is 30.3 Å². The first-order valence-corrected chi connectivity index (χ1v) is 6.96. The number of carbonyl (C=O) groups excluding carboxylic acids is 2. The van der Waals surface area contributed by atoms with Crippen molar-refractivity contribution in [2.45, 2.75) is 32.8 Å². The molecule has 0 aliphatic rings. The lowest BCUT2D eigenvalue weighted by molar-refractivity contribution is -0.154. The van der Waals surface area contributed by atoms with Crippen molar-refractivity contribution >= 4 is 11.9 Å². The number of carbonyl (C=O) groups is 2. The maximum absolute atomic E-state index is 12.0. The molecule has 0 saturated carbocycles. The van der Waals surface area contributed by atoms with Crippen LogP contribution in [0.1, 0.15) is 26.3 Å². The Hall–Kier alpha value is -1.88. The van der Waals surface area contributed by atoms with Crippen LogP contribution in [0.15, 0.2) is 30.3 Å².